The monoisotopic (exact) mass is 317 g/mol. The van der Waals surface area contributed by atoms with E-state index >= 15 is 0 Å². The van der Waals surface area contributed by atoms with E-state index in [-0.39, 0.29) is 11.7 Å². The summed E-state index contributed by atoms with van der Waals surface area (Å²) in [5.41, 5.74) is 2.01. The van der Waals surface area contributed by atoms with Crippen LogP contribution in [0.25, 0.3) is 11.3 Å². The predicted octanol–water partition coefficient (Wildman–Crippen LogP) is 3.18. The van der Waals surface area contributed by atoms with Crippen LogP contribution in [-0.4, -0.2) is 16.0 Å². The topological polar surface area (TPSA) is 68.0 Å². The van der Waals surface area contributed by atoms with Crippen molar-refractivity contribution in [3.8, 4) is 11.3 Å². The maximum Gasteiger partial charge on any atom is 0.256 e. The molecule has 1 N–H and O–H groups in total. The molecule has 0 bridgehead atoms. The van der Waals surface area contributed by atoms with Gasteiger partial charge < -0.3 is 9.84 Å². The molecule has 5 nitrogen and oxygen atoms in total. The van der Waals surface area contributed by atoms with Gasteiger partial charge in [0.2, 0.25) is 0 Å². The van der Waals surface area contributed by atoms with E-state index < -0.39 is 0 Å². The highest BCUT2D eigenvalue weighted by Crippen LogP contribution is 2.22. The number of aromatic nitrogens is 2. The number of halogens is 1. The zero-order chi connectivity index (χ0) is 15.5. The summed E-state index contributed by atoms with van der Waals surface area (Å²) in [5, 5.41) is 8.97. The van der Waals surface area contributed by atoms with Gasteiger partial charge in [-0.1, -0.05) is 5.16 Å². The zero-order valence-corrected chi connectivity index (χ0v) is 12.5. The summed E-state index contributed by atoms with van der Waals surface area (Å²) in [4.78, 5) is 16.4. The Morgan fingerprint density at radius 1 is 1.36 bits per heavy atom. The van der Waals surface area contributed by atoms with Gasteiger partial charge in [-0.3, -0.25) is 4.79 Å². The second-order valence-corrected chi connectivity index (χ2v) is 5.55. The molecule has 3 aromatic rings. The Balaban J connectivity index is 1.66. The van der Waals surface area contributed by atoms with Crippen molar-refractivity contribution in [3.63, 3.8) is 0 Å². The van der Waals surface area contributed by atoms with Gasteiger partial charge in [-0.15, -0.1) is 11.3 Å². The van der Waals surface area contributed by atoms with Gasteiger partial charge in [0.1, 0.15) is 22.1 Å². The molecule has 0 saturated carbocycles. The summed E-state index contributed by atoms with van der Waals surface area (Å²) >= 11 is 1.43. The summed E-state index contributed by atoms with van der Waals surface area (Å²) < 4.78 is 17.8. The van der Waals surface area contributed by atoms with E-state index in [1.165, 1.54) is 29.7 Å². The molecule has 0 fully saturated rings. The van der Waals surface area contributed by atoms with Crippen LogP contribution >= 0.6 is 11.3 Å². The summed E-state index contributed by atoms with van der Waals surface area (Å²) in [6.45, 7) is 1.99. The minimum Gasteiger partial charge on any atom is -0.361 e. The molecule has 0 aliphatic heterocycles. The van der Waals surface area contributed by atoms with Crippen LogP contribution in [0, 0.1) is 12.7 Å². The second-order valence-electron chi connectivity index (χ2n) is 4.61. The fourth-order valence-corrected chi connectivity index (χ4v) is 2.66. The van der Waals surface area contributed by atoms with Crippen molar-refractivity contribution >= 4 is 17.2 Å². The number of carbonyl (C=O) groups excluding carboxylic acids is 1. The van der Waals surface area contributed by atoms with Crippen molar-refractivity contribution < 1.29 is 13.7 Å². The number of amides is 1. The number of nitrogens with one attached hydrogen (secondary N) is 1. The molecule has 2 aromatic heterocycles. The minimum absolute atomic E-state index is 0.253. The van der Waals surface area contributed by atoms with Crippen LogP contribution in [0.15, 0.2) is 40.4 Å². The molecule has 3 rings (SSSR count). The lowest BCUT2D eigenvalue weighted by atomic mass is 10.2. The first kappa shape index (κ1) is 14.4. The van der Waals surface area contributed by atoms with Crippen molar-refractivity contribution in [2.75, 3.05) is 0 Å². The molecular weight excluding hydrogens is 305 g/mol. The Bertz CT molecular complexity index is 795. The van der Waals surface area contributed by atoms with Crippen LogP contribution < -0.4 is 5.32 Å². The van der Waals surface area contributed by atoms with Crippen LogP contribution in [0.1, 0.15) is 21.1 Å². The van der Waals surface area contributed by atoms with Gasteiger partial charge in [-0.2, -0.15) is 0 Å². The molecule has 22 heavy (non-hydrogen) atoms. The van der Waals surface area contributed by atoms with Crippen molar-refractivity contribution in [1.82, 2.24) is 15.5 Å². The quantitative estimate of drug-likeness (QED) is 0.802. The SMILES string of the molecule is Cc1oncc1C(=O)NCc1nc(-c2ccc(F)cc2)cs1. The highest BCUT2D eigenvalue weighted by molar-refractivity contribution is 7.09. The first-order valence-electron chi connectivity index (χ1n) is 6.53. The number of benzene rings is 1. The first-order chi connectivity index (χ1) is 10.6. The Morgan fingerprint density at radius 2 is 2.14 bits per heavy atom. The molecule has 0 atom stereocenters. The molecule has 0 aliphatic rings. The molecule has 7 heteroatoms. The summed E-state index contributed by atoms with van der Waals surface area (Å²) in [5.74, 6) is -0.0588. The number of aryl methyl sites for hydroxylation is 1. The van der Waals surface area contributed by atoms with E-state index in [9.17, 15) is 9.18 Å². The third kappa shape index (κ3) is 3.04. The number of hydrogen-bond donors (Lipinski definition) is 1. The largest absolute Gasteiger partial charge is 0.361 e. The maximum atomic E-state index is 12.9. The van der Waals surface area contributed by atoms with E-state index in [0.29, 0.717) is 17.9 Å². The highest BCUT2D eigenvalue weighted by Gasteiger charge is 2.13. The first-order valence-corrected chi connectivity index (χ1v) is 7.41. The Kier molecular flexibility index (Phi) is 3.97. The lowest BCUT2D eigenvalue weighted by Gasteiger charge is -2.00. The third-order valence-corrected chi connectivity index (χ3v) is 3.94. The summed E-state index contributed by atoms with van der Waals surface area (Å²) in [7, 11) is 0. The summed E-state index contributed by atoms with van der Waals surface area (Å²) in [6, 6.07) is 6.14. The predicted molar refractivity (Wildman–Crippen MR) is 79.9 cm³/mol. The van der Waals surface area contributed by atoms with Crippen molar-refractivity contribution in [2.45, 2.75) is 13.5 Å². The standard InChI is InChI=1S/C15H12FN3O2S/c1-9-12(6-18-21-9)15(20)17-7-14-19-13(8-22-14)10-2-4-11(16)5-3-10/h2-6,8H,7H2,1H3,(H,17,20). The Labute approximate surface area is 129 Å². The molecule has 0 spiro atoms. The number of hydrogen-bond acceptors (Lipinski definition) is 5. The van der Waals surface area contributed by atoms with Crippen LogP contribution in [0.4, 0.5) is 4.39 Å². The lowest BCUT2D eigenvalue weighted by Crippen LogP contribution is -2.22. The fourth-order valence-electron chi connectivity index (χ4n) is 1.91. The van der Waals surface area contributed by atoms with Crippen molar-refractivity contribution in [3.05, 3.63) is 58.0 Å². The normalized spacial score (nSPS) is 10.6. The molecule has 0 radical (unpaired) electrons. The third-order valence-electron chi connectivity index (χ3n) is 3.09. The van der Waals surface area contributed by atoms with Gasteiger partial charge in [-0.05, 0) is 31.2 Å². The fraction of sp³-hybridized carbons (Fsp3) is 0.133. The summed E-state index contributed by atoms with van der Waals surface area (Å²) in [6.07, 6.45) is 1.39. The van der Waals surface area contributed by atoms with E-state index in [4.69, 9.17) is 4.52 Å². The van der Waals surface area contributed by atoms with Gasteiger partial charge in [0.05, 0.1) is 18.4 Å². The van der Waals surface area contributed by atoms with Gasteiger partial charge in [0, 0.05) is 10.9 Å². The van der Waals surface area contributed by atoms with Crippen LogP contribution in [0.2, 0.25) is 0 Å². The number of rotatable bonds is 4. The van der Waals surface area contributed by atoms with Crippen molar-refractivity contribution in [1.29, 1.82) is 0 Å². The number of nitrogens with zero attached hydrogens (tertiary/aromatic N) is 2. The molecule has 2 heterocycles. The molecule has 0 aliphatic carbocycles. The van der Waals surface area contributed by atoms with E-state index in [0.717, 1.165) is 16.3 Å². The van der Waals surface area contributed by atoms with Gasteiger partial charge in [0.25, 0.3) is 5.91 Å². The molecule has 1 aromatic carbocycles. The van der Waals surface area contributed by atoms with Gasteiger partial charge in [-0.25, -0.2) is 9.37 Å². The van der Waals surface area contributed by atoms with Crippen LogP contribution in [0.3, 0.4) is 0 Å². The Morgan fingerprint density at radius 3 is 2.82 bits per heavy atom. The highest BCUT2D eigenvalue weighted by atomic mass is 32.1. The van der Waals surface area contributed by atoms with E-state index in [1.807, 2.05) is 5.38 Å². The van der Waals surface area contributed by atoms with Crippen LogP contribution in [-0.2, 0) is 6.54 Å². The molecular formula is C15H12FN3O2S. The number of thiazole rings is 1. The molecule has 0 unspecified atom stereocenters. The van der Waals surface area contributed by atoms with Gasteiger partial charge >= 0.3 is 0 Å². The average molecular weight is 317 g/mol. The van der Waals surface area contributed by atoms with Crippen molar-refractivity contribution in [2.24, 2.45) is 0 Å². The minimum atomic E-state index is -0.282. The maximum absolute atomic E-state index is 12.9. The average Bonchev–Trinajstić information content (AvgIpc) is 3.14. The molecule has 0 saturated heterocycles. The molecule has 1 amide bonds. The lowest BCUT2D eigenvalue weighted by molar-refractivity contribution is 0.0949. The zero-order valence-electron chi connectivity index (χ0n) is 11.7. The molecule has 112 valence electrons. The van der Waals surface area contributed by atoms with Gasteiger partial charge in [0.15, 0.2) is 0 Å². The Hall–Kier alpha value is -2.54. The van der Waals surface area contributed by atoms with E-state index in [1.54, 1.807) is 19.1 Å². The van der Waals surface area contributed by atoms with Crippen LogP contribution in [0.5, 0.6) is 0 Å². The number of carbonyl (C=O) groups is 1. The smallest absolute Gasteiger partial charge is 0.256 e. The van der Waals surface area contributed by atoms with E-state index in [2.05, 4.69) is 15.5 Å². The second kappa shape index (κ2) is 6.07.